The molecule has 196 valence electrons. The van der Waals surface area contributed by atoms with Gasteiger partial charge in [0, 0.05) is 29.4 Å². The SMILES string of the molecule is Cc1cccc(Nc2nc(N/N=C\c3ccc(-c4cccc(Cl)c4C)o3)nc(N3CCC(C)CC3)n2)c1C. The molecule has 1 saturated heterocycles. The molecular weight excluding hydrogens is 498 g/mol. The Bertz CT molecular complexity index is 1460. The predicted octanol–water partition coefficient (Wildman–Crippen LogP) is 7.14. The zero-order valence-electron chi connectivity index (χ0n) is 22.1. The largest absolute Gasteiger partial charge is 0.455 e. The van der Waals surface area contributed by atoms with E-state index >= 15 is 0 Å². The van der Waals surface area contributed by atoms with E-state index in [1.54, 1.807) is 6.21 Å². The molecule has 3 heterocycles. The number of halogens is 1. The van der Waals surface area contributed by atoms with Gasteiger partial charge in [0.05, 0.1) is 6.21 Å². The fraction of sp³-hybridized carbons (Fsp3) is 0.310. The maximum Gasteiger partial charge on any atom is 0.250 e. The first-order chi connectivity index (χ1) is 18.4. The van der Waals surface area contributed by atoms with Crippen molar-refractivity contribution < 1.29 is 4.42 Å². The van der Waals surface area contributed by atoms with Crippen molar-refractivity contribution in [3.8, 4) is 11.3 Å². The van der Waals surface area contributed by atoms with Crippen LogP contribution in [0.3, 0.4) is 0 Å². The van der Waals surface area contributed by atoms with Gasteiger partial charge in [-0.05, 0) is 80.5 Å². The van der Waals surface area contributed by atoms with Gasteiger partial charge in [0.1, 0.15) is 11.5 Å². The van der Waals surface area contributed by atoms with E-state index in [1.165, 1.54) is 5.56 Å². The molecule has 0 radical (unpaired) electrons. The second-order valence-corrected chi connectivity index (χ2v) is 10.2. The van der Waals surface area contributed by atoms with Crippen molar-refractivity contribution >= 4 is 41.3 Å². The molecule has 1 aliphatic heterocycles. The Morgan fingerprint density at radius 3 is 2.53 bits per heavy atom. The average molecular weight is 530 g/mol. The van der Waals surface area contributed by atoms with Gasteiger partial charge in [0.15, 0.2) is 0 Å². The van der Waals surface area contributed by atoms with Crippen LogP contribution in [0.25, 0.3) is 11.3 Å². The Morgan fingerprint density at radius 2 is 1.71 bits per heavy atom. The summed E-state index contributed by atoms with van der Waals surface area (Å²) in [7, 11) is 0. The van der Waals surface area contributed by atoms with Crippen molar-refractivity contribution in [3.63, 3.8) is 0 Å². The number of nitrogens with one attached hydrogen (secondary N) is 2. The highest BCUT2D eigenvalue weighted by Crippen LogP contribution is 2.29. The molecule has 1 fully saturated rings. The third-order valence-electron chi connectivity index (χ3n) is 7.06. The van der Waals surface area contributed by atoms with Crippen molar-refractivity contribution in [2.75, 3.05) is 28.7 Å². The lowest BCUT2D eigenvalue weighted by molar-refractivity contribution is 0.434. The third-order valence-corrected chi connectivity index (χ3v) is 7.47. The molecule has 0 aliphatic carbocycles. The number of hydrazone groups is 1. The fourth-order valence-corrected chi connectivity index (χ4v) is 4.60. The summed E-state index contributed by atoms with van der Waals surface area (Å²) < 4.78 is 5.98. The predicted molar refractivity (Wildman–Crippen MR) is 155 cm³/mol. The molecule has 38 heavy (non-hydrogen) atoms. The minimum atomic E-state index is 0.357. The lowest BCUT2D eigenvalue weighted by atomic mass is 10.00. The topological polar surface area (TPSA) is 91.5 Å². The second-order valence-electron chi connectivity index (χ2n) is 9.81. The standard InChI is InChI=1S/C29H32ClN7O/c1-18-13-15-37(16-14-18)29-34-27(32-25-10-5-7-19(2)20(25)3)33-28(35-29)36-31-17-22-11-12-26(38-22)23-8-6-9-24(30)21(23)4/h5-12,17-18H,13-16H2,1-4H3,(H2,32,33,34,35,36)/b31-17-. The van der Waals surface area contributed by atoms with Crippen LogP contribution in [0.2, 0.25) is 5.02 Å². The van der Waals surface area contributed by atoms with Gasteiger partial charge < -0.3 is 14.6 Å². The van der Waals surface area contributed by atoms with Gasteiger partial charge in [-0.25, -0.2) is 5.43 Å². The summed E-state index contributed by atoms with van der Waals surface area (Å²) in [5.41, 5.74) is 8.19. The number of hydrogen-bond acceptors (Lipinski definition) is 8. The van der Waals surface area contributed by atoms with Crippen LogP contribution in [0, 0.1) is 26.7 Å². The van der Waals surface area contributed by atoms with Crippen LogP contribution in [0.15, 0.2) is 58.0 Å². The minimum Gasteiger partial charge on any atom is -0.455 e. The molecule has 4 aromatic rings. The molecule has 2 aromatic carbocycles. The van der Waals surface area contributed by atoms with E-state index in [9.17, 15) is 0 Å². The fourth-order valence-electron chi connectivity index (χ4n) is 4.42. The number of hydrogen-bond donors (Lipinski definition) is 2. The summed E-state index contributed by atoms with van der Waals surface area (Å²) in [4.78, 5) is 16.2. The first-order valence-corrected chi connectivity index (χ1v) is 13.2. The third kappa shape index (κ3) is 5.81. The van der Waals surface area contributed by atoms with E-state index in [2.05, 4.69) is 57.5 Å². The van der Waals surface area contributed by atoms with E-state index < -0.39 is 0 Å². The van der Waals surface area contributed by atoms with Crippen molar-refractivity contribution in [1.82, 2.24) is 15.0 Å². The summed E-state index contributed by atoms with van der Waals surface area (Å²) in [5.74, 6) is 3.49. The molecule has 2 N–H and O–H groups in total. The van der Waals surface area contributed by atoms with Crippen LogP contribution < -0.4 is 15.6 Å². The van der Waals surface area contributed by atoms with Gasteiger partial charge in [-0.15, -0.1) is 0 Å². The minimum absolute atomic E-state index is 0.357. The summed E-state index contributed by atoms with van der Waals surface area (Å²) in [6.45, 7) is 10.2. The highest BCUT2D eigenvalue weighted by atomic mass is 35.5. The number of furan rings is 1. The highest BCUT2D eigenvalue weighted by Gasteiger charge is 2.20. The van der Waals surface area contributed by atoms with Crippen molar-refractivity contribution in [2.45, 2.75) is 40.5 Å². The van der Waals surface area contributed by atoms with Crippen LogP contribution in [0.4, 0.5) is 23.5 Å². The van der Waals surface area contributed by atoms with E-state index in [-0.39, 0.29) is 0 Å². The second kappa shape index (κ2) is 11.2. The molecule has 9 heteroatoms. The zero-order chi connectivity index (χ0) is 26.6. The number of rotatable bonds is 7. The lowest BCUT2D eigenvalue weighted by Crippen LogP contribution is -2.34. The van der Waals surface area contributed by atoms with Gasteiger partial charge in [0.2, 0.25) is 17.8 Å². The molecule has 0 bridgehead atoms. The molecule has 2 aromatic heterocycles. The first kappa shape index (κ1) is 25.7. The van der Waals surface area contributed by atoms with Crippen LogP contribution >= 0.6 is 11.6 Å². The quantitative estimate of drug-likeness (QED) is 0.194. The monoisotopic (exact) mass is 529 g/mol. The van der Waals surface area contributed by atoms with Crippen LogP contribution in [-0.2, 0) is 0 Å². The molecule has 0 atom stereocenters. The Kier molecular flexibility index (Phi) is 7.60. The molecule has 0 unspecified atom stereocenters. The average Bonchev–Trinajstić information content (AvgIpc) is 3.37. The summed E-state index contributed by atoms with van der Waals surface area (Å²) in [6, 6.07) is 15.7. The first-order valence-electron chi connectivity index (χ1n) is 12.9. The molecule has 1 aliphatic rings. The van der Waals surface area contributed by atoms with Gasteiger partial charge in [-0.2, -0.15) is 20.1 Å². The number of piperidine rings is 1. The van der Waals surface area contributed by atoms with Gasteiger partial charge in [-0.1, -0.05) is 42.8 Å². The molecule has 0 amide bonds. The van der Waals surface area contributed by atoms with Crippen molar-refractivity contribution in [2.24, 2.45) is 11.0 Å². The van der Waals surface area contributed by atoms with Crippen molar-refractivity contribution in [1.29, 1.82) is 0 Å². The summed E-state index contributed by atoms with van der Waals surface area (Å²) in [6.07, 6.45) is 3.83. The van der Waals surface area contributed by atoms with Crippen LogP contribution in [0.5, 0.6) is 0 Å². The Balaban J connectivity index is 1.37. The maximum absolute atomic E-state index is 6.27. The molecule has 8 nitrogen and oxygen atoms in total. The van der Waals surface area contributed by atoms with E-state index in [1.807, 2.05) is 49.4 Å². The van der Waals surface area contributed by atoms with Crippen LogP contribution in [-0.4, -0.2) is 34.3 Å². The van der Waals surface area contributed by atoms with E-state index in [4.69, 9.17) is 21.0 Å². The Morgan fingerprint density at radius 1 is 0.947 bits per heavy atom. The van der Waals surface area contributed by atoms with E-state index in [0.29, 0.717) is 34.5 Å². The van der Waals surface area contributed by atoms with E-state index in [0.717, 1.165) is 54.1 Å². The Labute approximate surface area is 228 Å². The maximum atomic E-state index is 6.27. The van der Waals surface area contributed by atoms with Gasteiger partial charge >= 0.3 is 0 Å². The van der Waals surface area contributed by atoms with Crippen molar-refractivity contribution in [3.05, 3.63) is 76.0 Å². The Hall–Kier alpha value is -3.91. The summed E-state index contributed by atoms with van der Waals surface area (Å²) in [5, 5.41) is 8.42. The molecular formula is C29H32ClN7O. The lowest BCUT2D eigenvalue weighted by Gasteiger charge is -2.30. The zero-order valence-corrected chi connectivity index (χ0v) is 22.9. The van der Waals surface area contributed by atoms with Gasteiger partial charge in [-0.3, -0.25) is 0 Å². The number of anilines is 4. The van der Waals surface area contributed by atoms with Gasteiger partial charge in [0.25, 0.3) is 0 Å². The number of aryl methyl sites for hydroxylation is 1. The molecule has 5 rings (SSSR count). The molecule has 0 spiro atoms. The molecule has 0 saturated carbocycles. The number of aromatic nitrogens is 3. The smallest absolute Gasteiger partial charge is 0.250 e. The number of benzene rings is 2. The number of nitrogens with zero attached hydrogens (tertiary/aromatic N) is 5. The normalized spacial score (nSPS) is 14.3. The summed E-state index contributed by atoms with van der Waals surface area (Å²) >= 11 is 6.27. The van der Waals surface area contributed by atoms with Crippen LogP contribution in [0.1, 0.15) is 42.2 Å². The highest BCUT2D eigenvalue weighted by molar-refractivity contribution is 6.31.